The summed E-state index contributed by atoms with van der Waals surface area (Å²) in [7, 11) is -3.56. The maximum absolute atomic E-state index is 12.8. The van der Waals surface area contributed by atoms with Crippen LogP contribution in [-0.4, -0.2) is 25.5 Å². The minimum absolute atomic E-state index is 0.0461. The van der Waals surface area contributed by atoms with Crippen LogP contribution in [0, 0.1) is 17.8 Å². The Labute approximate surface area is 184 Å². The van der Waals surface area contributed by atoms with Gasteiger partial charge in [-0.15, -0.1) is 0 Å². The van der Waals surface area contributed by atoms with Gasteiger partial charge in [-0.05, 0) is 86.5 Å². The van der Waals surface area contributed by atoms with Crippen LogP contribution in [-0.2, 0) is 14.8 Å². The van der Waals surface area contributed by atoms with E-state index in [-0.39, 0.29) is 12.5 Å². The number of allylic oxidation sites excluding steroid dienone is 2. The Morgan fingerprint density at radius 1 is 1.17 bits per heavy atom. The van der Waals surface area contributed by atoms with Crippen molar-refractivity contribution < 1.29 is 18.3 Å². The number of hydrogen-bond acceptors (Lipinski definition) is 3. The number of hydrogen-bond donors (Lipinski definition) is 2. The van der Waals surface area contributed by atoms with E-state index >= 15 is 0 Å². The van der Waals surface area contributed by atoms with Gasteiger partial charge in [-0.2, -0.15) is 0 Å². The van der Waals surface area contributed by atoms with Crippen LogP contribution in [0.1, 0.15) is 56.9 Å². The first-order valence-electron chi connectivity index (χ1n) is 10.7. The molecule has 0 heterocycles. The zero-order valence-corrected chi connectivity index (χ0v) is 18.6. The average Bonchev–Trinajstić information content (AvgIpc) is 2.71. The zero-order chi connectivity index (χ0) is 21.6. The van der Waals surface area contributed by atoms with Gasteiger partial charge in [0.05, 0.1) is 0 Å². The summed E-state index contributed by atoms with van der Waals surface area (Å²) >= 11 is 5.97. The molecule has 4 rings (SSSR count). The highest BCUT2D eigenvalue weighted by atomic mass is 35.5. The lowest BCUT2D eigenvalue weighted by Crippen LogP contribution is -2.52. The molecule has 2 unspecified atom stereocenters. The first-order chi connectivity index (χ1) is 14.3. The summed E-state index contributed by atoms with van der Waals surface area (Å²) in [5.41, 5.74) is 0.749. The van der Waals surface area contributed by atoms with Gasteiger partial charge in [0.15, 0.2) is 0 Å². The molecule has 0 aliphatic heterocycles. The van der Waals surface area contributed by atoms with Gasteiger partial charge >= 0.3 is 5.97 Å². The molecular weight excluding hydrogens is 422 g/mol. The van der Waals surface area contributed by atoms with Crippen LogP contribution in [0.25, 0.3) is 6.08 Å². The Balaban J connectivity index is 1.62. The zero-order valence-electron chi connectivity index (χ0n) is 17.0. The molecule has 7 heteroatoms. The van der Waals surface area contributed by atoms with Gasteiger partial charge in [-0.1, -0.05) is 35.9 Å². The van der Waals surface area contributed by atoms with E-state index in [1.807, 2.05) is 12.1 Å². The van der Waals surface area contributed by atoms with E-state index in [2.05, 4.69) is 10.8 Å². The van der Waals surface area contributed by atoms with E-state index in [0.29, 0.717) is 29.2 Å². The number of benzene rings is 1. The number of rotatable bonds is 10. The minimum Gasteiger partial charge on any atom is -0.481 e. The standard InChI is InChI=1S/C23H30ClNO4S/c24-20-7-5-6-17(16-20)14-15-30(28,29)25-23-19-12-10-18(11-13-19)21(23)8-3-1-2-4-9-22(26)27/h1,3,5-7,14-16,18-19,21,23,25H,2,4,8-13H2,(H,26,27). The van der Waals surface area contributed by atoms with Crippen LogP contribution in [0.4, 0.5) is 0 Å². The molecule has 5 nitrogen and oxygen atoms in total. The van der Waals surface area contributed by atoms with E-state index in [9.17, 15) is 13.2 Å². The van der Waals surface area contributed by atoms with Crippen LogP contribution < -0.4 is 4.72 Å². The van der Waals surface area contributed by atoms with E-state index in [1.165, 1.54) is 18.2 Å². The summed E-state index contributed by atoms with van der Waals surface area (Å²) in [4.78, 5) is 10.6. The van der Waals surface area contributed by atoms with Crippen molar-refractivity contribution in [1.82, 2.24) is 4.72 Å². The summed E-state index contributed by atoms with van der Waals surface area (Å²) in [6, 6.07) is 7.05. The lowest BCUT2D eigenvalue weighted by atomic mass is 9.61. The molecule has 0 radical (unpaired) electrons. The van der Waals surface area contributed by atoms with Crippen molar-refractivity contribution >= 4 is 33.7 Å². The maximum Gasteiger partial charge on any atom is 0.303 e. The summed E-state index contributed by atoms with van der Waals surface area (Å²) < 4.78 is 28.5. The third kappa shape index (κ3) is 6.69. The first kappa shape index (κ1) is 23.0. The van der Waals surface area contributed by atoms with Crippen molar-refractivity contribution in [3.63, 3.8) is 0 Å². The van der Waals surface area contributed by atoms with E-state index < -0.39 is 16.0 Å². The smallest absolute Gasteiger partial charge is 0.303 e. The largest absolute Gasteiger partial charge is 0.481 e. The monoisotopic (exact) mass is 451 g/mol. The first-order valence-corrected chi connectivity index (χ1v) is 12.6. The van der Waals surface area contributed by atoms with Gasteiger partial charge in [0.2, 0.25) is 10.0 Å². The quantitative estimate of drug-likeness (QED) is 0.376. The highest BCUT2D eigenvalue weighted by molar-refractivity contribution is 7.92. The fraction of sp³-hybridized carbons (Fsp3) is 0.522. The number of fused-ring (bicyclic) bond motifs is 3. The Bertz CT molecular complexity index is 888. The van der Waals surface area contributed by atoms with Crippen molar-refractivity contribution in [3.8, 4) is 0 Å². The van der Waals surface area contributed by atoms with E-state index in [1.54, 1.807) is 24.3 Å². The fourth-order valence-electron chi connectivity index (χ4n) is 4.85. The average molecular weight is 452 g/mol. The number of halogens is 1. The van der Waals surface area contributed by atoms with Gasteiger partial charge < -0.3 is 5.11 Å². The highest BCUT2D eigenvalue weighted by Gasteiger charge is 2.44. The van der Waals surface area contributed by atoms with Crippen LogP contribution in [0.2, 0.25) is 5.02 Å². The number of sulfonamides is 1. The van der Waals surface area contributed by atoms with Crippen molar-refractivity contribution in [2.75, 3.05) is 0 Å². The molecule has 164 valence electrons. The lowest BCUT2D eigenvalue weighted by molar-refractivity contribution is -0.137. The van der Waals surface area contributed by atoms with Crippen molar-refractivity contribution in [2.24, 2.45) is 17.8 Å². The summed E-state index contributed by atoms with van der Waals surface area (Å²) in [6.07, 6.45) is 12.6. The number of carboxylic acid groups (broad SMARTS) is 1. The molecule has 0 amide bonds. The molecule has 3 saturated carbocycles. The molecule has 2 N–H and O–H groups in total. The molecule has 2 atom stereocenters. The molecule has 30 heavy (non-hydrogen) atoms. The van der Waals surface area contributed by atoms with Crippen molar-refractivity contribution in [1.29, 1.82) is 0 Å². The Kier molecular flexibility index (Phi) is 8.14. The Hall–Kier alpha value is -1.63. The second-order valence-electron chi connectivity index (χ2n) is 8.38. The van der Waals surface area contributed by atoms with E-state index in [0.717, 1.165) is 31.2 Å². The molecule has 3 aliphatic rings. The Morgan fingerprint density at radius 3 is 2.60 bits per heavy atom. The molecule has 0 spiro atoms. The van der Waals surface area contributed by atoms with Crippen LogP contribution in [0.3, 0.4) is 0 Å². The van der Waals surface area contributed by atoms with E-state index in [4.69, 9.17) is 16.7 Å². The van der Waals surface area contributed by atoms with Gasteiger partial charge in [0.25, 0.3) is 0 Å². The van der Waals surface area contributed by atoms with Crippen molar-refractivity contribution in [3.05, 3.63) is 52.4 Å². The van der Waals surface area contributed by atoms with Gasteiger partial charge in [-0.3, -0.25) is 4.79 Å². The van der Waals surface area contributed by atoms with Gasteiger partial charge in [-0.25, -0.2) is 13.1 Å². The predicted molar refractivity (Wildman–Crippen MR) is 121 cm³/mol. The lowest BCUT2D eigenvalue weighted by Gasteiger charge is -2.48. The maximum atomic E-state index is 12.8. The van der Waals surface area contributed by atoms with Gasteiger partial charge in [0, 0.05) is 22.9 Å². The van der Waals surface area contributed by atoms with Crippen molar-refractivity contribution in [2.45, 2.75) is 57.4 Å². The normalized spacial score (nSPS) is 26.6. The molecule has 3 aliphatic carbocycles. The van der Waals surface area contributed by atoms with Gasteiger partial charge in [0.1, 0.15) is 0 Å². The fourth-order valence-corrected chi connectivity index (χ4v) is 6.21. The molecule has 1 aromatic carbocycles. The predicted octanol–water partition coefficient (Wildman–Crippen LogP) is 5.24. The second kappa shape index (κ2) is 10.6. The molecular formula is C23H30ClNO4S. The topological polar surface area (TPSA) is 83.5 Å². The molecule has 0 aromatic heterocycles. The van der Waals surface area contributed by atoms with Crippen LogP contribution in [0.15, 0.2) is 41.8 Å². The summed E-state index contributed by atoms with van der Waals surface area (Å²) in [5, 5.41) is 10.5. The highest BCUT2D eigenvalue weighted by Crippen LogP contribution is 2.46. The molecule has 2 bridgehead atoms. The van der Waals surface area contributed by atoms with Crippen LogP contribution in [0.5, 0.6) is 0 Å². The number of aliphatic carboxylic acids is 1. The summed E-state index contributed by atoms with van der Waals surface area (Å²) in [6.45, 7) is 0. The molecule has 1 aromatic rings. The SMILES string of the molecule is O=C(O)CCCC=CCC1C2CCC(CC2)C1NS(=O)(=O)C=Cc1cccc(Cl)c1. The van der Waals surface area contributed by atoms with Crippen LogP contribution >= 0.6 is 11.6 Å². The minimum atomic E-state index is -3.56. The number of carboxylic acids is 1. The number of nitrogens with one attached hydrogen (secondary N) is 1. The third-order valence-electron chi connectivity index (χ3n) is 6.32. The second-order valence-corrected chi connectivity index (χ2v) is 10.4. The third-order valence-corrected chi connectivity index (χ3v) is 7.65. The Morgan fingerprint density at radius 2 is 1.90 bits per heavy atom. The molecule has 0 saturated heterocycles. The number of unbranched alkanes of at least 4 members (excludes halogenated alkanes) is 1. The number of carbonyl (C=O) groups is 1. The molecule has 3 fully saturated rings. The summed E-state index contributed by atoms with van der Waals surface area (Å²) in [5.74, 6) is 0.453.